The Bertz CT molecular complexity index is 54.9. The molecule has 0 unspecified atom stereocenters. The first-order valence-electron chi connectivity index (χ1n) is 3.19. The summed E-state index contributed by atoms with van der Waals surface area (Å²) in [6, 6.07) is 1.14. The summed E-state index contributed by atoms with van der Waals surface area (Å²) < 4.78 is 0. The van der Waals surface area contributed by atoms with Crippen molar-refractivity contribution in [2.45, 2.75) is 25.9 Å². The van der Waals surface area contributed by atoms with Gasteiger partial charge in [0.2, 0.25) is 0 Å². The SMILES string of the molecule is C[C@@H]1CN[C@H](C)C[N-]1. The Morgan fingerprint density at radius 1 is 1.50 bits per heavy atom. The minimum absolute atomic E-state index is 0.534. The average Bonchev–Trinajstić information content (AvgIpc) is 1.77. The molecule has 0 aromatic rings. The molecule has 1 fully saturated rings. The highest BCUT2D eigenvalue weighted by atomic mass is 15.1. The van der Waals surface area contributed by atoms with Gasteiger partial charge >= 0.3 is 0 Å². The molecule has 8 heavy (non-hydrogen) atoms. The van der Waals surface area contributed by atoms with Crippen molar-refractivity contribution in [2.24, 2.45) is 0 Å². The van der Waals surface area contributed by atoms with E-state index >= 15 is 0 Å². The van der Waals surface area contributed by atoms with Crippen LogP contribution in [0.25, 0.3) is 5.32 Å². The van der Waals surface area contributed by atoms with Crippen molar-refractivity contribution in [1.29, 1.82) is 0 Å². The van der Waals surface area contributed by atoms with Gasteiger partial charge in [-0.1, -0.05) is 13.8 Å². The number of nitrogens with zero attached hydrogens (tertiary/aromatic N) is 1. The van der Waals surface area contributed by atoms with Gasteiger partial charge in [0.25, 0.3) is 0 Å². The molecule has 1 saturated heterocycles. The fourth-order valence-corrected chi connectivity index (χ4v) is 0.839. The zero-order valence-electron chi connectivity index (χ0n) is 5.52. The maximum absolute atomic E-state index is 4.35. The van der Waals surface area contributed by atoms with Crippen molar-refractivity contribution < 1.29 is 0 Å². The first-order chi connectivity index (χ1) is 3.79. The van der Waals surface area contributed by atoms with Crippen LogP contribution in [-0.4, -0.2) is 25.2 Å². The van der Waals surface area contributed by atoms with E-state index in [4.69, 9.17) is 0 Å². The van der Waals surface area contributed by atoms with E-state index in [0.717, 1.165) is 13.1 Å². The maximum Gasteiger partial charge on any atom is -0.0150 e. The van der Waals surface area contributed by atoms with Crippen LogP contribution in [0.4, 0.5) is 0 Å². The van der Waals surface area contributed by atoms with Crippen molar-refractivity contribution >= 4 is 0 Å². The second kappa shape index (κ2) is 2.46. The Hall–Kier alpha value is -0.0800. The van der Waals surface area contributed by atoms with E-state index in [9.17, 15) is 0 Å². The van der Waals surface area contributed by atoms with Gasteiger partial charge in [-0.05, 0) is 12.6 Å². The third kappa shape index (κ3) is 1.46. The predicted molar refractivity (Wildman–Crippen MR) is 35.2 cm³/mol. The van der Waals surface area contributed by atoms with Crippen molar-refractivity contribution in [2.75, 3.05) is 13.1 Å². The topological polar surface area (TPSA) is 26.1 Å². The molecule has 0 radical (unpaired) electrons. The molecule has 0 bridgehead atoms. The second-order valence-corrected chi connectivity index (χ2v) is 2.52. The normalized spacial score (nSPS) is 39.8. The Morgan fingerprint density at radius 3 is 2.62 bits per heavy atom. The lowest BCUT2D eigenvalue weighted by Gasteiger charge is -2.38. The van der Waals surface area contributed by atoms with Crippen LogP contribution in [0.5, 0.6) is 0 Å². The van der Waals surface area contributed by atoms with Crippen LogP contribution in [0.2, 0.25) is 0 Å². The lowest BCUT2D eigenvalue weighted by molar-refractivity contribution is 0.496. The molecule has 48 valence electrons. The summed E-state index contributed by atoms with van der Waals surface area (Å²) in [4.78, 5) is 0. The summed E-state index contributed by atoms with van der Waals surface area (Å²) >= 11 is 0. The smallest absolute Gasteiger partial charge is 0.0150 e. The molecular weight excluding hydrogens is 100 g/mol. The number of hydrogen-bond donors (Lipinski definition) is 1. The molecule has 1 aliphatic rings. The van der Waals surface area contributed by atoms with Crippen LogP contribution >= 0.6 is 0 Å². The number of nitrogens with one attached hydrogen (secondary N) is 1. The Kier molecular flexibility index (Phi) is 1.86. The summed E-state index contributed by atoms with van der Waals surface area (Å²) in [6.45, 7) is 6.34. The van der Waals surface area contributed by atoms with Crippen LogP contribution in [0, 0.1) is 0 Å². The van der Waals surface area contributed by atoms with Gasteiger partial charge in [0.15, 0.2) is 0 Å². The third-order valence-corrected chi connectivity index (χ3v) is 1.45. The molecule has 2 heteroatoms. The monoisotopic (exact) mass is 113 g/mol. The van der Waals surface area contributed by atoms with Gasteiger partial charge in [-0.3, -0.25) is 0 Å². The van der Waals surface area contributed by atoms with E-state index in [0.29, 0.717) is 12.1 Å². The van der Waals surface area contributed by atoms with Crippen LogP contribution in [0.15, 0.2) is 0 Å². The maximum atomic E-state index is 4.35. The van der Waals surface area contributed by atoms with Crippen LogP contribution in [0.3, 0.4) is 0 Å². The molecule has 0 saturated carbocycles. The molecule has 0 aromatic carbocycles. The van der Waals surface area contributed by atoms with Gasteiger partial charge in [0.05, 0.1) is 0 Å². The molecule has 0 spiro atoms. The van der Waals surface area contributed by atoms with E-state index in [-0.39, 0.29) is 0 Å². The molecule has 2 atom stereocenters. The van der Waals surface area contributed by atoms with Gasteiger partial charge < -0.3 is 10.6 Å². The molecule has 0 amide bonds. The van der Waals surface area contributed by atoms with Gasteiger partial charge in [0.1, 0.15) is 0 Å². The summed E-state index contributed by atoms with van der Waals surface area (Å²) in [5.41, 5.74) is 0. The molecule has 1 N–H and O–H groups in total. The minimum Gasteiger partial charge on any atom is -0.657 e. The summed E-state index contributed by atoms with van der Waals surface area (Å²) in [5, 5.41) is 7.69. The Labute approximate surface area is 50.7 Å². The molecule has 0 aromatic heterocycles. The number of hydrogen-bond acceptors (Lipinski definition) is 1. The highest BCUT2D eigenvalue weighted by molar-refractivity contribution is 4.97. The fraction of sp³-hybridized carbons (Fsp3) is 1.00. The highest BCUT2D eigenvalue weighted by Crippen LogP contribution is 2.04. The highest BCUT2D eigenvalue weighted by Gasteiger charge is 2.01. The van der Waals surface area contributed by atoms with Crippen molar-refractivity contribution in [3.05, 3.63) is 5.32 Å². The summed E-state index contributed by atoms with van der Waals surface area (Å²) in [5.74, 6) is 0. The Morgan fingerprint density at radius 2 is 2.25 bits per heavy atom. The van der Waals surface area contributed by atoms with E-state index in [2.05, 4.69) is 24.5 Å². The quantitative estimate of drug-likeness (QED) is 0.492. The van der Waals surface area contributed by atoms with Gasteiger partial charge in [-0.25, -0.2) is 0 Å². The molecule has 1 heterocycles. The lowest BCUT2D eigenvalue weighted by Crippen LogP contribution is -2.40. The van der Waals surface area contributed by atoms with Crippen molar-refractivity contribution in [3.63, 3.8) is 0 Å². The van der Waals surface area contributed by atoms with Gasteiger partial charge in [-0.2, -0.15) is 0 Å². The van der Waals surface area contributed by atoms with E-state index in [1.807, 2.05) is 0 Å². The minimum atomic E-state index is 0.534. The summed E-state index contributed by atoms with van der Waals surface area (Å²) in [7, 11) is 0. The van der Waals surface area contributed by atoms with E-state index in [1.54, 1.807) is 0 Å². The van der Waals surface area contributed by atoms with E-state index < -0.39 is 0 Å². The fourth-order valence-electron chi connectivity index (χ4n) is 0.839. The number of rotatable bonds is 0. The Balaban J connectivity index is 2.19. The van der Waals surface area contributed by atoms with Crippen molar-refractivity contribution in [1.82, 2.24) is 5.32 Å². The second-order valence-electron chi connectivity index (χ2n) is 2.52. The standard InChI is InChI=1S/C6H13N2/c1-5-3-8-6(2)4-7-5/h5-7H,3-4H2,1-2H3/q-1/t5-,6-/m1/s1. The van der Waals surface area contributed by atoms with Crippen LogP contribution in [0.1, 0.15) is 13.8 Å². The van der Waals surface area contributed by atoms with E-state index in [1.165, 1.54) is 0 Å². The molecule has 0 aliphatic carbocycles. The van der Waals surface area contributed by atoms with Crippen LogP contribution in [-0.2, 0) is 0 Å². The first-order valence-corrected chi connectivity index (χ1v) is 3.19. The van der Waals surface area contributed by atoms with Crippen molar-refractivity contribution in [3.8, 4) is 0 Å². The third-order valence-electron chi connectivity index (χ3n) is 1.45. The molecular formula is C6H13N2-. The molecule has 2 nitrogen and oxygen atoms in total. The zero-order valence-corrected chi connectivity index (χ0v) is 5.52. The predicted octanol–water partition coefficient (Wildman–Crippen LogP) is 0.740. The zero-order chi connectivity index (χ0) is 5.98. The summed E-state index contributed by atoms with van der Waals surface area (Å²) in [6.07, 6.45) is 0. The molecule has 1 rings (SSSR count). The molecule has 1 aliphatic heterocycles. The van der Waals surface area contributed by atoms with Gasteiger partial charge in [-0.15, -0.1) is 12.6 Å². The van der Waals surface area contributed by atoms with Gasteiger partial charge in [0, 0.05) is 0 Å². The first kappa shape index (κ1) is 6.05. The lowest BCUT2D eigenvalue weighted by atomic mass is 10.2. The van der Waals surface area contributed by atoms with Crippen LogP contribution < -0.4 is 5.32 Å². The number of piperazine rings is 1. The largest absolute Gasteiger partial charge is 0.657 e. The average molecular weight is 113 g/mol.